The van der Waals surface area contributed by atoms with Crippen LogP contribution in [0.25, 0.3) is 0 Å². The molecule has 0 bridgehead atoms. The number of rotatable bonds is 3. The maximum absolute atomic E-state index is 3.54. The molecule has 1 aromatic carbocycles. The van der Waals surface area contributed by atoms with Gasteiger partial charge in [-0.15, -0.1) is 0 Å². The van der Waals surface area contributed by atoms with Crippen molar-refractivity contribution in [1.29, 1.82) is 0 Å². The Morgan fingerprint density at radius 2 is 2.07 bits per heavy atom. The Bertz CT molecular complexity index is 281. The van der Waals surface area contributed by atoms with Crippen molar-refractivity contribution in [2.24, 2.45) is 5.92 Å². The second kappa shape index (κ2) is 4.14. The van der Waals surface area contributed by atoms with Gasteiger partial charge in [0.25, 0.3) is 0 Å². The molecule has 0 radical (unpaired) electrons. The molecular weight excluding hydrogens is 170 g/mol. The minimum Gasteiger partial charge on any atom is -0.312 e. The van der Waals surface area contributed by atoms with Crippen LogP contribution >= 0.6 is 0 Å². The third-order valence-corrected chi connectivity index (χ3v) is 3.49. The summed E-state index contributed by atoms with van der Waals surface area (Å²) in [5.41, 5.74) is 1.50. The Morgan fingerprint density at radius 3 is 2.57 bits per heavy atom. The van der Waals surface area contributed by atoms with Crippen LogP contribution in [0.5, 0.6) is 0 Å². The highest BCUT2D eigenvalue weighted by molar-refractivity contribution is 5.25. The van der Waals surface area contributed by atoms with Crippen molar-refractivity contribution in [3.05, 3.63) is 35.9 Å². The van der Waals surface area contributed by atoms with E-state index in [0.717, 1.165) is 18.4 Å². The lowest BCUT2D eigenvalue weighted by atomic mass is 9.77. The molecule has 76 valence electrons. The lowest BCUT2D eigenvalue weighted by Gasteiger charge is -2.42. The van der Waals surface area contributed by atoms with Crippen molar-refractivity contribution in [1.82, 2.24) is 5.32 Å². The average molecular weight is 189 g/mol. The van der Waals surface area contributed by atoms with Gasteiger partial charge in [0.15, 0.2) is 0 Å². The van der Waals surface area contributed by atoms with Gasteiger partial charge in [-0.25, -0.2) is 0 Å². The molecule has 1 heterocycles. The fourth-order valence-electron chi connectivity index (χ4n) is 2.25. The minimum absolute atomic E-state index is 0.697. The SMILES string of the molecule is CCC(C)C1NCC1c1ccccc1. The molecule has 1 nitrogen and oxygen atoms in total. The molecule has 0 saturated carbocycles. The molecule has 1 aliphatic heterocycles. The summed E-state index contributed by atoms with van der Waals surface area (Å²) in [6.45, 7) is 5.76. The maximum atomic E-state index is 3.54. The summed E-state index contributed by atoms with van der Waals surface area (Å²) in [5, 5.41) is 3.54. The van der Waals surface area contributed by atoms with Crippen LogP contribution in [0.4, 0.5) is 0 Å². The van der Waals surface area contributed by atoms with E-state index in [-0.39, 0.29) is 0 Å². The van der Waals surface area contributed by atoms with E-state index in [1.807, 2.05) is 0 Å². The van der Waals surface area contributed by atoms with Gasteiger partial charge in [-0.2, -0.15) is 0 Å². The summed E-state index contributed by atoms with van der Waals surface area (Å²) in [6, 6.07) is 11.6. The van der Waals surface area contributed by atoms with E-state index >= 15 is 0 Å². The zero-order valence-electron chi connectivity index (χ0n) is 9.03. The molecule has 0 aliphatic carbocycles. The summed E-state index contributed by atoms with van der Waals surface area (Å²) >= 11 is 0. The molecule has 3 unspecified atom stereocenters. The monoisotopic (exact) mass is 189 g/mol. The van der Waals surface area contributed by atoms with Crippen LogP contribution in [0.2, 0.25) is 0 Å². The molecule has 14 heavy (non-hydrogen) atoms. The Hall–Kier alpha value is -0.820. The highest BCUT2D eigenvalue weighted by Gasteiger charge is 2.34. The first-order valence-corrected chi connectivity index (χ1v) is 5.61. The third-order valence-electron chi connectivity index (χ3n) is 3.49. The van der Waals surface area contributed by atoms with Crippen LogP contribution in [0, 0.1) is 5.92 Å². The van der Waals surface area contributed by atoms with Gasteiger partial charge in [-0.05, 0) is 11.5 Å². The number of hydrogen-bond donors (Lipinski definition) is 1. The second-order valence-electron chi connectivity index (χ2n) is 4.34. The van der Waals surface area contributed by atoms with Gasteiger partial charge in [-0.1, -0.05) is 50.6 Å². The van der Waals surface area contributed by atoms with Gasteiger partial charge in [0, 0.05) is 18.5 Å². The van der Waals surface area contributed by atoms with E-state index in [2.05, 4.69) is 49.5 Å². The molecule has 0 amide bonds. The number of benzene rings is 1. The average Bonchev–Trinajstić information content (AvgIpc) is 2.17. The molecule has 1 fully saturated rings. The Balaban J connectivity index is 2.07. The topological polar surface area (TPSA) is 12.0 Å². The third kappa shape index (κ3) is 1.69. The molecule has 2 rings (SSSR count). The summed E-state index contributed by atoms with van der Waals surface area (Å²) in [4.78, 5) is 0. The van der Waals surface area contributed by atoms with E-state index in [0.29, 0.717) is 6.04 Å². The van der Waals surface area contributed by atoms with E-state index in [1.54, 1.807) is 0 Å². The lowest BCUT2D eigenvalue weighted by molar-refractivity contribution is 0.226. The predicted octanol–water partition coefficient (Wildman–Crippen LogP) is 2.79. The first-order valence-electron chi connectivity index (χ1n) is 5.61. The molecule has 1 heteroatoms. The normalized spacial score (nSPS) is 28.1. The first-order chi connectivity index (χ1) is 6.83. The number of hydrogen-bond acceptors (Lipinski definition) is 1. The Kier molecular flexibility index (Phi) is 2.87. The summed E-state index contributed by atoms with van der Waals surface area (Å²) < 4.78 is 0. The van der Waals surface area contributed by atoms with Gasteiger partial charge in [0.2, 0.25) is 0 Å². The summed E-state index contributed by atoms with van der Waals surface area (Å²) in [7, 11) is 0. The molecule has 3 atom stereocenters. The van der Waals surface area contributed by atoms with Crippen LogP contribution in [0.1, 0.15) is 31.7 Å². The Labute approximate surface area is 86.5 Å². The fraction of sp³-hybridized carbons (Fsp3) is 0.538. The molecule has 0 aromatic heterocycles. The molecule has 0 spiro atoms. The van der Waals surface area contributed by atoms with Gasteiger partial charge >= 0.3 is 0 Å². The highest BCUT2D eigenvalue weighted by atomic mass is 15.0. The first kappa shape index (κ1) is 9.72. The zero-order chi connectivity index (χ0) is 9.97. The highest BCUT2D eigenvalue weighted by Crippen LogP contribution is 2.31. The Morgan fingerprint density at radius 1 is 1.36 bits per heavy atom. The van der Waals surface area contributed by atoms with E-state index in [9.17, 15) is 0 Å². The van der Waals surface area contributed by atoms with Crippen molar-refractivity contribution >= 4 is 0 Å². The molecule has 1 N–H and O–H groups in total. The van der Waals surface area contributed by atoms with Crippen molar-refractivity contribution < 1.29 is 0 Å². The van der Waals surface area contributed by atoms with Gasteiger partial charge in [0.1, 0.15) is 0 Å². The number of nitrogens with one attached hydrogen (secondary N) is 1. The smallest absolute Gasteiger partial charge is 0.0174 e. The molecule has 1 aromatic rings. The van der Waals surface area contributed by atoms with Crippen LogP contribution < -0.4 is 5.32 Å². The zero-order valence-corrected chi connectivity index (χ0v) is 9.03. The summed E-state index contributed by atoms with van der Waals surface area (Å²) in [5.74, 6) is 1.53. The lowest BCUT2D eigenvalue weighted by Crippen LogP contribution is -2.54. The van der Waals surface area contributed by atoms with Gasteiger partial charge < -0.3 is 5.32 Å². The van der Waals surface area contributed by atoms with E-state index in [4.69, 9.17) is 0 Å². The quantitative estimate of drug-likeness (QED) is 0.771. The van der Waals surface area contributed by atoms with Crippen molar-refractivity contribution in [2.45, 2.75) is 32.2 Å². The van der Waals surface area contributed by atoms with Gasteiger partial charge in [0.05, 0.1) is 0 Å². The van der Waals surface area contributed by atoms with E-state index < -0.39 is 0 Å². The second-order valence-corrected chi connectivity index (χ2v) is 4.34. The fourth-order valence-corrected chi connectivity index (χ4v) is 2.25. The van der Waals surface area contributed by atoms with Crippen LogP contribution in [-0.2, 0) is 0 Å². The standard InChI is InChI=1S/C13H19N/c1-3-10(2)13-12(9-14-13)11-7-5-4-6-8-11/h4-8,10,12-14H,3,9H2,1-2H3. The summed E-state index contributed by atoms with van der Waals surface area (Å²) in [6.07, 6.45) is 1.26. The van der Waals surface area contributed by atoms with Crippen molar-refractivity contribution in [3.63, 3.8) is 0 Å². The van der Waals surface area contributed by atoms with Crippen LogP contribution in [-0.4, -0.2) is 12.6 Å². The van der Waals surface area contributed by atoms with Crippen molar-refractivity contribution in [2.75, 3.05) is 6.54 Å². The van der Waals surface area contributed by atoms with Crippen LogP contribution in [0.15, 0.2) is 30.3 Å². The van der Waals surface area contributed by atoms with E-state index in [1.165, 1.54) is 12.0 Å². The molecular formula is C13H19N. The van der Waals surface area contributed by atoms with Crippen LogP contribution in [0.3, 0.4) is 0 Å². The minimum atomic E-state index is 0.697. The van der Waals surface area contributed by atoms with Crippen molar-refractivity contribution in [3.8, 4) is 0 Å². The molecule has 1 aliphatic rings. The molecule has 1 saturated heterocycles. The predicted molar refractivity (Wildman–Crippen MR) is 60.4 cm³/mol. The largest absolute Gasteiger partial charge is 0.312 e. The maximum Gasteiger partial charge on any atom is 0.0174 e. The van der Waals surface area contributed by atoms with Gasteiger partial charge in [-0.3, -0.25) is 0 Å².